The lowest BCUT2D eigenvalue weighted by atomic mass is 9.88. The van der Waals surface area contributed by atoms with E-state index in [1.807, 2.05) is 6.08 Å². The molecular formula is C19H22O2S. The van der Waals surface area contributed by atoms with Crippen molar-refractivity contribution in [1.29, 1.82) is 0 Å². The van der Waals surface area contributed by atoms with Crippen LogP contribution in [-0.2, 0) is 0 Å². The third kappa shape index (κ3) is 2.89. The predicted octanol–water partition coefficient (Wildman–Crippen LogP) is 3.95. The van der Waals surface area contributed by atoms with E-state index < -0.39 is 0 Å². The Kier molecular flexibility index (Phi) is 4.77. The van der Waals surface area contributed by atoms with Crippen LogP contribution >= 0.6 is 11.3 Å². The topological polar surface area (TPSA) is 40.5 Å². The van der Waals surface area contributed by atoms with Gasteiger partial charge in [0.2, 0.25) is 0 Å². The van der Waals surface area contributed by atoms with Crippen LogP contribution in [0.1, 0.15) is 11.3 Å². The zero-order valence-corrected chi connectivity index (χ0v) is 13.4. The largest absolute Gasteiger partial charge is 0.396 e. The Morgan fingerprint density at radius 1 is 1.14 bits per heavy atom. The summed E-state index contributed by atoms with van der Waals surface area (Å²) in [5.41, 5.74) is 0. The van der Waals surface area contributed by atoms with Crippen LogP contribution in [-0.4, -0.2) is 23.4 Å². The molecule has 0 saturated heterocycles. The molecule has 4 atom stereocenters. The maximum absolute atomic E-state index is 9.69. The fourth-order valence-electron chi connectivity index (χ4n) is 3.64. The van der Waals surface area contributed by atoms with Crippen LogP contribution in [0.2, 0.25) is 0 Å². The van der Waals surface area contributed by atoms with Crippen molar-refractivity contribution in [2.75, 3.05) is 13.2 Å². The second kappa shape index (κ2) is 6.78. The van der Waals surface area contributed by atoms with Crippen LogP contribution in [0.5, 0.6) is 0 Å². The minimum Gasteiger partial charge on any atom is -0.396 e. The van der Waals surface area contributed by atoms with Crippen molar-refractivity contribution in [3.05, 3.63) is 53.9 Å². The summed E-state index contributed by atoms with van der Waals surface area (Å²) in [5.74, 6) is 0.841. The molecule has 0 amide bonds. The smallest absolute Gasteiger partial charge is 0.0468 e. The monoisotopic (exact) mass is 314 g/mol. The van der Waals surface area contributed by atoms with Crippen LogP contribution in [0.4, 0.5) is 0 Å². The van der Waals surface area contributed by atoms with Gasteiger partial charge in [0.05, 0.1) is 0 Å². The Morgan fingerprint density at radius 2 is 1.86 bits per heavy atom. The van der Waals surface area contributed by atoms with Gasteiger partial charge in [0.25, 0.3) is 0 Å². The first-order valence-electron chi connectivity index (χ1n) is 7.78. The number of benzene rings is 1. The molecular weight excluding hydrogens is 292 g/mol. The Labute approximate surface area is 135 Å². The SMILES string of the molecule is C=C[C@@H]1C[C@H](C=Cc2cc3ccccc3s2)[C@@H](CO)[C@H]1CO. The molecule has 0 radical (unpaired) electrons. The molecule has 1 aliphatic carbocycles. The third-order valence-corrected chi connectivity index (χ3v) is 5.95. The molecule has 1 aromatic carbocycles. The summed E-state index contributed by atoms with van der Waals surface area (Å²) in [6, 6.07) is 10.6. The molecule has 2 N–H and O–H groups in total. The molecule has 3 heteroatoms. The van der Waals surface area contributed by atoms with Gasteiger partial charge in [-0.1, -0.05) is 30.4 Å². The normalized spacial score (nSPS) is 28.6. The van der Waals surface area contributed by atoms with Gasteiger partial charge in [-0.3, -0.25) is 0 Å². The van der Waals surface area contributed by atoms with Gasteiger partial charge in [0, 0.05) is 22.8 Å². The Bertz CT molecular complexity index is 640. The Morgan fingerprint density at radius 3 is 2.55 bits per heavy atom. The highest BCUT2D eigenvalue weighted by molar-refractivity contribution is 7.19. The second-order valence-corrected chi connectivity index (χ2v) is 7.15. The highest BCUT2D eigenvalue weighted by atomic mass is 32.1. The van der Waals surface area contributed by atoms with Gasteiger partial charge in [0.1, 0.15) is 0 Å². The van der Waals surface area contributed by atoms with Crippen LogP contribution < -0.4 is 0 Å². The van der Waals surface area contributed by atoms with E-state index in [0.29, 0.717) is 11.8 Å². The minimum atomic E-state index is 0.120. The number of hydrogen-bond acceptors (Lipinski definition) is 3. The first kappa shape index (κ1) is 15.5. The second-order valence-electron chi connectivity index (χ2n) is 6.04. The summed E-state index contributed by atoms with van der Waals surface area (Å²) < 4.78 is 1.30. The van der Waals surface area contributed by atoms with Crippen molar-refractivity contribution >= 4 is 27.5 Å². The molecule has 116 valence electrons. The summed E-state index contributed by atoms with van der Waals surface area (Å²) in [6.07, 6.45) is 7.26. The number of rotatable bonds is 5. The molecule has 0 bridgehead atoms. The number of allylic oxidation sites excluding steroid dienone is 2. The van der Waals surface area contributed by atoms with Crippen LogP contribution in [0.25, 0.3) is 16.2 Å². The predicted molar refractivity (Wildman–Crippen MR) is 93.8 cm³/mol. The molecule has 1 saturated carbocycles. The van der Waals surface area contributed by atoms with Crippen molar-refractivity contribution in [1.82, 2.24) is 0 Å². The zero-order valence-electron chi connectivity index (χ0n) is 12.6. The van der Waals surface area contributed by atoms with Crippen LogP contribution in [0, 0.1) is 23.7 Å². The van der Waals surface area contributed by atoms with Gasteiger partial charge in [-0.2, -0.15) is 0 Å². The molecule has 1 aromatic heterocycles. The summed E-state index contributed by atoms with van der Waals surface area (Å²) in [6.45, 7) is 4.12. The molecule has 22 heavy (non-hydrogen) atoms. The van der Waals surface area contributed by atoms with E-state index in [-0.39, 0.29) is 25.0 Å². The summed E-state index contributed by atoms with van der Waals surface area (Å²) in [7, 11) is 0. The van der Waals surface area contributed by atoms with Gasteiger partial charge in [-0.25, -0.2) is 0 Å². The van der Waals surface area contributed by atoms with E-state index in [0.717, 1.165) is 6.42 Å². The quantitative estimate of drug-likeness (QED) is 0.820. The standard InChI is InChI=1S/C19H22O2S/c1-2-13-9-14(18(12-21)17(13)11-20)7-8-16-10-15-5-3-4-6-19(15)22-16/h2-8,10,13-14,17-18,20-21H,1,9,11-12H2/t13-,14+,17+,18-/m1/s1. The van der Waals surface area contributed by atoms with E-state index >= 15 is 0 Å². The number of thiophene rings is 1. The first-order chi connectivity index (χ1) is 10.8. The average molecular weight is 314 g/mol. The molecule has 0 aliphatic heterocycles. The molecule has 0 unspecified atom stereocenters. The minimum absolute atomic E-state index is 0.120. The van der Waals surface area contributed by atoms with Gasteiger partial charge in [-0.15, -0.1) is 17.9 Å². The fraction of sp³-hybridized carbons (Fsp3) is 0.368. The summed E-state index contributed by atoms with van der Waals surface area (Å²) >= 11 is 1.78. The number of hydrogen-bond donors (Lipinski definition) is 2. The Hall–Kier alpha value is -1.42. The highest BCUT2D eigenvalue weighted by Crippen LogP contribution is 2.43. The maximum atomic E-state index is 9.69. The third-order valence-electron chi connectivity index (χ3n) is 4.87. The van der Waals surface area contributed by atoms with Gasteiger partial charge in [-0.05, 0) is 53.7 Å². The average Bonchev–Trinajstić information content (AvgIpc) is 3.12. The fourth-order valence-corrected chi connectivity index (χ4v) is 4.61. The van der Waals surface area contributed by atoms with E-state index in [1.54, 1.807) is 11.3 Å². The van der Waals surface area contributed by atoms with Gasteiger partial charge < -0.3 is 10.2 Å². The molecule has 2 aromatic rings. The zero-order chi connectivity index (χ0) is 15.5. The molecule has 1 fully saturated rings. The maximum Gasteiger partial charge on any atom is 0.0468 e. The number of aliphatic hydroxyl groups excluding tert-OH is 2. The molecule has 2 nitrogen and oxygen atoms in total. The van der Waals surface area contributed by atoms with Crippen molar-refractivity contribution < 1.29 is 10.2 Å². The van der Waals surface area contributed by atoms with Crippen LogP contribution in [0.3, 0.4) is 0 Å². The molecule has 3 rings (SSSR count). The lowest BCUT2D eigenvalue weighted by molar-refractivity contribution is 0.118. The van der Waals surface area contributed by atoms with Crippen molar-refractivity contribution in [3.8, 4) is 0 Å². The van der Waals surface area contributed by atoms with Crippen molar-refractivity contribution in [3.63, 3.8) is 0 Å². The first-order valence-corrected chi connectivity index (χ1v) is 8.59. The van der Waals surface area contributed by atoms with E-state index in [4.69, 9.17) is 0 Å². The summed E-state index contributed by atoms with van der Waals surface area (Å²) in [4.78, 5) is 1.24. The lowest BCUT2D eigenvalue weighted by Crippen LogP contribution is -2.23. The Balaban J connectivity index is 1.80. The number of fused-ring (bicyclic) bond motifs is 1. The highest BCUT2D eigenvalue weighted by Gasteiger charge is 2.39. The molecule has 1 aliphatic rings. The van der Waals surface area contributed by atoms with E-state index in [2.05, 4.69) is 49.1 Å². The van der Waals surface area contributed by atoms with Gasteiger partial charge >= 0.3 is 0 Å². The van der Waals surface area contributed by atoms with Crippen molar-refractivity contribution in [2.24, 2.45) is 23.7 Å². The van der Waals surface area contributed by atoms with Crippen molar-refractivity contribution in [2.45, 2.75) is 6.42 Å². The number of aliphatic hydroxyl groups is 2. The molecule has 0 spiro atoms. The van der Waals surface area contributed by atoms with Gasteiger partial charge in [0.15, 0.2) is 0 Å². The lowest BCUT2D eigenvalue weighted by Gasteiger charge is -2.20. The molecule has 1 heterocycles. The summed E-state index contributed by atoms with van der Waals surface area (Å²) in [5, 5.41) is 20.5. The van der Waals surface area contributed by atoms with Crippen LogP contribution in [0.15, 0.2) is 49.1 Å². The van der Waals surface area contributed by atoms with E-state index in [1.165, 1.54) is 15.0 Å². The van der Waals surface area contributed by atoms with E-state index in [9.17, 15) is 10.2 Å².